The van der Waals surface area contributed by atoms with E-state index in [-0.39, 0.29) is 23.9 Å². The first kappa shape index (κ1) is 24.6. The molecule has 2 heterocycles. The summed E-state index contributed by atoms with van der Waals surface area (Å²) in [6.07, 6.45) is 4.75. The van der Waals surface area contributed by atoms with Gasteiger partial charge in [0.2, 0.25) is 0 Å². The third-order valence-corrected chi connectivity index (χ3v) is 5.46. The number of amides is 2. The van der Waals surface area contributed by atoms with Gasteiger partial charge in [-0.2, -0.15) is 0 Å². The largest absolute Gasteiger partial charge is 0.494 e. The van der Waals surface area contributed by atoms with Gasteiger partial charge in [0.1, 0.15) is 22.9 Å². The summed E-state index contributed by atoms with van der Waals surface area (Å²) in [7, 11) is 0. The fourth-order valence-corrected chi connectivity index (χ4v) is 3.80. The molecule has 0 radical (unpaired) electrons. The van der Waals surface area contributed by atoms with Crippen LogP contribution in [0.2, 0.25) is 0 Å². The van der Waals surface area contributed by atoms with Crippen molar-refractivity contribution >= 4 is 12.0 Å². The van der Waals surface area contributed by atoms with Gasteiger partial charge in [-0.1, -0.05) is 0 Å². The van der Waals surface area contributed by atoms with E-state index in [1.807, 2.05) is 43.7 Å². The fourth-order valence-electron chi connectivity index (χ4n) is 3.80. The molecule has 0 aliphatic carbocycles. The highest BCUT2D eigenvalue weighted by atomic mass is 19.1. The van der Waals surface area contributed by atoms with E-state index in [1.54, 1.807) is 17.0 Å². The number of halogens is 1. The van der Waals surface area contributed by atoms with E-state index in [4.69, 9.17) is 9.47 Å². The van der Waals surface area contributed by atoms with Gasteiger partial charge in [-0.25, -0.2) is 9.18 Å². The highest BCUT2D eigenvalue weighted by molar-refractivity contribution is 5.92. The Balaban J connectivity index is 1.39. The quantitative estimate of drug-likeness (QED) is 0.576. The Morgan fingerprint density at radius 2 is 1.79 bits per heavy atom. The molecule has 1 saturated heterocycles. The molecule has 1 fully saturated rings. The standard InChI is InChI=1S/C25H34FN3O4/c1-25(2,3)33-24(31)28-16-12-20(13-17-28)29-15-6-7-22(29)23(30)27-14-4-5-18-32-21-10-8-19(26)9-11-21/h6-11,15,20H,4-5,12-14,16-18H2,1-3H3,(H,27,30). The minimum atomic E-state index is -0.507. The zero-order valence-electron chi connectivity index (χ0n) is 19.7. The Labute approximate surface area is 194 Å². The van der Waals surface area contributed by atoms with Crippen molar-refractivity contribution in [2.45, 2.75) is 58.1 Å². The van der Waals surface area contributed by atoms with Crippen LogP contribution in [0.15, 0.2) is 42.6 Å². The first-order valence-electron chi connectivity index (χ1n) is 11.5. The zero-order valence-corrected chi connectivity index (χ0v) is 19.7. The van der Waals surface area contributed by atoms with Gasteiger partial charge in [-0.3, -0.25) is 4.79 Å². The average molecular weight is 460 g/mol. The van der Waals surface area contributed by atoms with E-state index in [0.29, 0.717) is 37.7 Å². The first-order valence-corrected chi connectivity index (χ1v) is 11.5. The SMILES string of the molecule is CC(C)(C)OC(=O)N1CCC(n2cccc2C(=O)NCCCCOc2ccc(F)cc2)CC1. The van der Waals surface area contributed by atoms with Crippen molar-refractivity contribution < 1.29 is 23.5 Å². The van der Waals surface area contributed by atoms with Gasteiger partial charge in [0, 0.05) is 31.9 Å². The molecule has 1 aromatic heterocycles. The Hall–Kier alpha value is -3.03. The number of hydrogen-bond acceptors (Lipinski definition) is 4. The maximum Gasteiger partial charge on any atom is 0.410 e. The van der Waals surface area contributed by atoms with E-state index in [1.165, 1.54) is 12.1 Å². The molecule has 0 spiro atoms. The molecule has 0 saturated carbocycles. The molecule has 1 aliphatic rings. The molecule has 8 heteroatoms. The van der Waals surface area contributed by atoms with Crippen molar-refractivity contribution in [3.05, 3.63) is 54.1 Å². The average Bonchev–Trinajstić information content (AvgIpc) is 3.26. The van der Waals surface area contributed by atoms with E-state index in [9.17, 15) is 14.0 Å². The second-order valence-corrected chi connectivity index (χ2v) is 9.26. The number of nitrogens with one attached hydrogen (secondary N) is 1. The lowest BCUT2D eigenvalue weighted by Gasteiger charge is -2.34. The highest BCUT2D eigenvalue weighted by Gasteiger charge is 2.28. The van der Waals surface area contributed by atoms with Crippen LogP contribution in [0.5, 0.6) is 5.75 Å². The Morgan fingerprint density at radius 1 is 1.09 bits per heavy atom. The van der Waals surface area contributed by atoms with E-state index in [0.717, 1.165) is 25.7 Å². The molecule has 2 amide bonds. The second-order valence-electron chi connectivity index (χ2n) is 9.26. The smallest absolute Gasteiger partial charge is 0.410 e. The van der Waals surface area contributed by atoms with Crippen LogP contribution in [0.25, 0.3) is 0 Å². The molecule has 7 nitrogen and oxygen atoms in total. The Morgan fingerprint density at radius 3 is 2.45 bits per heavy atom. The minimum absolute atomic E-state index is 0.103. The zero-order chi connectivity index (χ0) is 23.8. The number of nitrogens with zero attached hydrogens (tertiary/aromatic N) is 2. The number of carbonyl (C=O) groups excluding carboxylic acids is 2. The van der Waals surface area contributed by atoms with Crippen LogP contribution in [0.1, 0.15) is 63.0 Å². The molecule has 1 N–H and O–H groups in total. The number of ether oxygens (including phenoxy) is 2. The maximum absolute atomic E-state index is 12.9. The molecule has 1 aliphatic heterocycles. The molecule has 33 heavy (non-hydrogen) atoms. The van der Waals surface area contributed by atoms with Crippen LogP contribution in [-0.4, -0.2) is 53.3 Å². The summed E-state index contributed by atoms with van der Waals surface area (Å²) in [6.45, 7) is 7.85. The summed E-state index contributed by atoms with van der Waals surface area (Å²) in [4.78, 5) is 26.7. The summed E-state index contributed by atoms with van der Waals surface area (Å²) in [5, 5.41) is 2.97. The fraction of sp³-hybridized carbons (Fsp3) is 0.520. The number of hydrogen-bond donors (Lipinski definition) is 1. The second kappa shape index (κ2) is 11.2. The summed E-state index contributed by atoms with van der Waals surface area (Å²) in [5.74, 6) is 0.244. The molecule has 1 aromatic carbocycles. The van der Waals surface area contributed by atoms with Crippen LogP contribution in [-0.2, 0) is 4.74 Å². The van der Waals surface area contributed by atoms with Crippen molar-refractivity contribution in [1.29, 1.82) is 0 Å². The van der Waals surface area contributed by atoms with E-state index < -0.39 is 5.60 Å². The van der Waals surface area contributed by atoms with Crippen LogP contribution in [0.4, 0.5) is 9.18 Å². The Kier molecular flexibility index (Phi) is 8.36. The third-order valence-electron chi connectivity index (χ3n) is 5.46. The topological polar surface area (TPSA) is 72.8 Å². The molecular formula is C25H34FN3O4. The number of aromatic nitrogens is 1. The third kappa shape index (κ3) is 7.51. The lowest BCUT2D eigenvalue weighted by molar-refractivity contribution is 0.0187. The monoisotopic (exact) mass is 459 g/mol. The molecule has 0 unspecified atom stereocenters. The predicted octanol–water partition coefficient (Wildman–Crippen LogP) is 4.79. The molecule has 180 valence electrons. The molecular weight excluding hydrogens is 425 g/mol. The number of rotatable bonds is 8. The molecule has 0 atom stereocenters. The summed E-state index contributed by atoms with van der Waals surface area (Å²) in [5.41, 5.74) is 0.125. The van der Waals surface area contributed by atoms with Crippen LogP contribution >= 0.6 is 0 Å². The first-order chi connectivity index (χ1) is 15.7. The normalized spacial score (nSPS) is 14.7. The van der Waals surface area contributed by atoms with Crippen LogP contribution in [0, 0.1) is 5.82 Å². The van der Waals surface area contributed by atoms with E-state index in [2.05, 4.69) is 5.32 Å². The maximum atomic E-state index is 12.9. The van der Waals surface area contributed by atoms with Crippen LogP contribution in [0.3, 0.4) is 0 Å². The highest BCUT2D eigenvalue weighted by Crippen LogP contribution is 2.25. The van der Waals surface area contributed by atoms with Gasteiger partial charge in [0.15, 0.2) is 0 Å². The molecule has 0 bridgehead atoms. The minimum Gasteiger partial charge on any atom is -0.494 e. The van der Waals surface area contributed by atoms with Gasteiger partial charge in [0.05, 0.1) is 6.61 Å². The van der Waals surface area contributed by atoms with Gasteiger partial charge in [0.25, 0.3) is 5.91 Å². The molecule has 2 aromatic rings. The van der Waals surface area contributed by atoms with Crippen LogP contribution < -0.4 is 10.1 Å². The van der Waals surface area contributed by atoms with E-state index >= 15 is 0 Å². The lowest BCUT2D eigenvalue weighted by Crippen LogP contribution is -2.42. The summed E-state index contributed by atoms with van der Waals surface area (Å²) < 4.78 is 25.9. The van der Waals surface area contributed by atoms with Gasteiger partial charge < -0.3 is 24.3 Å². The number of unbranched alkanes of at least 4 members (excludes halogenated alkanes) is 1. The van der Waals surface area contributed by atoms with Crippen molar-refractivity contribution in [1.82, 2.24) is 14.8 Å². The number of piperidine rings is 1. The van der Waals surface area contributed by atoms with Gasteiger partial charge in [-0.05, 0) is 82.9 Å². The predicted molar refractivity (Wildman–Crippen MR) is 124 cm³/mol. The number of benzene rings is 1. The van der Waals surface area contributed by atoms with Crippen molar-refractivity contribution in [3.8, 4) is 5.75 Å². The Bertz CT molecular complexity index is 912. The molecule has 3 rings (SSSR count). The van der Waals surface area contributed by atoms with Crippen molar-refractivity contribution in [3.63, 3.8) is 0 Å². The number of likely N-dealkylation sites (tertiary alicyclic amines) is 1. The van der Waals surface area contributed by atoms with Gasteiger partial charge >= 0.3 is 6.09 Å². The van der Waals surface area contributed by atoms with Gasteiger partial charge in [-0.15, -0.1) is 0 Å². The number of carbonyl (C=O) groups is 2. The summed E-state index contributed by atoms with van der Waals surface area (Å²) in [6, 6.07) is 9.81. The van der Waals surface area contributed by atoms with Crippen molar-refractivity contribution in [2.75, 3.05) is 26.2 Å². The van der Waals surface area contributed by atoms with Crippen molar-refractivity contribution in [2.24, 2.45) is 0 Å². The lowest BCUT2D eigenvalue weighted by atomic mass is 10.0. The summed E-state index contributed by atoms with van der Waals surface area (Å²) >= 11 is 0.